The van der Waals surface area contributed by atoms with Crippen LogP contribution in [-0.2, 0) is 6.42 Å². The summed E-state index contributed by atoms with van der Waals surface area (Å²) in [6.07, 6.45) is 4.60. The monoisotopic (exact) mass is 179 g/mol. The minimum absolute atomic E-state index is 0.139. The van der Waals surface area contributed by atoms with E-state index in [1.165, 1.54) is 0 Å². The molecule has 0 bridgehead atoms. The molecule has 1 aromatic rings. The Morgan fingerprint density at radius 2 is 2.62 bits per heavy atom. The highest BCUT2D eigenvalue weighted by atomic mass is 16.6. The highest BCUT2D eigenvalue weighted by Crippen LogP contribution is 2.35. The molecule has 3 heteroatoms. The summed E-state index contributed by atoms with van der Waals surface area (Å²) in [6, 6.07) is 0. The van der Waals surface area contributed by atoms with E-state index in [0.717, 1.165) is 23.6 Å². The van der Waals surface area contributed by atoms with Gasteiger partial charge in [-0.25, -0.2) is 0 Å². The Labute approximate surface area is 77.4 Å². The van der Waals surface area contributed by atoms with Crippen molar-refractivity contribution in [2.24, 2.45) is 0 Å². The molecule has 1 aliphatic heterocycles. The molecule has 1 N–H and O–H groups in total. The van der Waals surface area contributed by atoms with E-state index in [-0.39, 0.29) is 6.10 Å². The third-order valence-corrected chi connectivity index (χ3v) is 2.01. The van der Waals surface area contributed by atoms with Gasteiger partial charge in [0.25, 0.3) is 0 Å². The fraction of sp³-hybridized carbons (Fsp3) is 0.400. The molecule has 1 unspecified atom stereocenters. The van der Waals surface area contributed by atoms with Gasteiger partial charge in [-0.1, -0.05) is 6.08 Å². The van der Waals surface area contributed by atoms with Crippen molar-refractivity contribution in [2.75, 3.05) is 6.61 Å². The van der Waals surface area contributed by atoms with Crippen molar-refractivity contribution in [1.82, 2.24) is 4.98 Å². The highest BCUT2D eigenvalue weighted by Gasteiger charge is 2.21. The fourth-order valence-electron chi connectivity index (χ4n) is 1.43. The van der Waals surface area contributed by atoms with E-state index < -0.39 is 0 Å². The van der Waals surface area contributed by atoms with Gasteiger partial charge in [0, 0.05) is 12.6 Å². The summed E-state index contributed by atoms with van der Waals surface area (Å²) in [5.41, 5.74) is 1.04. The average molecular weight is 179 g/mol. The summed E-state index contributed by atoms with van der Waals surface area (Å²) < 4.78 is 11.1. The van der Waals surface area contributed by atoms with Crippen LogP contribution >= 0.6 is 0 Å². The van der Waals surface area contributed by atoms with E-state index >= 15 is 0 Å². The number of H-pyrrole nitrogens is 1. The molecule has 1 aromatic heterocycles. The Kier molecular flexibility index (Phi) is 2.00. The van der Waals surface area contributed by atoms with Gasteiger partial charge in [-0.15, -0.1) is 6.58 Å². The van der Waals surface area contributed by atoms with Gasteiger partial charge in [0.2, 0.25) is 0 Å². The van der Waals surface area contributed by atoms with Crippen LogP contribution in [0.3, 0.4) is 0 Å². The van der Waals surface area contributed by atoms with Crippen molar-refractivity contribution < 1.29 is 9.47 Å². The van der Waals surface area contributed by atoms with Gasteiger partial charge < -0.3 is 14.5 Å². The zero-order valence-electron chi connectivity index (χ0n) is 7.67. The van der Waals surface area contributed by atoms with Gasteiger partial charge in [0.05, 0.1) is 5.69 Å². The summed E-state index contributed by atoms with van der Waals surface area (Å²) in [7, 11) is 0. The normalized spacial score (nSPS) is 19.9. The van der Waals surface area contributed by atoms with E-state index in [1.54, 1.807) is 0 Å². The van der Waals surface area contributed by atoms with Crippen LogP contribution in [0.5, 0.6) is 11.5 Å². The Balaban J connectivity index is 2.27. The third-order valence-electron chi connectivity index (χ3n) is 2.01. The largest absolute Gasteiger partial charge is 0.484 e. The number of hydrogen-bond donors (Lipinski definition) is 1. The minimum Gasteiger partial charge on any atom is -0.484 e. The summed E-state index contributed by atoms with van der Waals surface area (Å²) in [5, 5.41) is 0. The van der Waals surface area contributed by atoms with E-state index in [1.807, 2.05) is 19.2 Å². The average Bonchev–Trinajstić information content (AvgIpc) is 2.49. The van der Waals surface area contributed by atoms with Crippen LogP contribution in [0.1, 0.15) is 12.6 Å². The second kappa shape index (κ2) is 3.17. The number of fused-ring (bicyclic) bond motifs is 1. The molecule has 1 aliphatic rings. The predicted molar refractivity (Wildman–Crippen MR) is 50.3 cm³/mol. The number of aromatic amines is 1. The highest BCUT2D eigenvalue weighted by molar-refractivity contribution is 5.45. The van der Waals surface area contributed by atoms with Gasteiger partial charge in [0.15, 0.2) is 11.5 Å². The van der Waals surface area contributed by atoms with Gasteiger partial charge in [-0.2, -0.15) is 0 Å². The summed E-state index contributed by atoms with van der Waals surface area (Å²) in [5.74, 6) is 1.66. The summed E-state index contributed by atoms with van der Waals surface area (Å²) >= 11 is 0. The van der Waals surface area contributed by atoms with Gasteiger partial charge in [-0.05, 0) is 6.92 Å². The minimum atomic E-state index is 0.139. The molecule has 0 saturated heterocycles. The summed E-state index contributed by atoms with van der Waals surface area (Å²) in [4.78, 5) is 3.12. The van der Waals surface area contributed by atoms with E-state index in [4.69, 9.17) is 9.47 Å². The third kappa shape index (κ3) is 1.41. The Hall–Kier alpha value is -1.38. The van der Waals surface area contributed by atoms with Crippen molar-refractivity contribution in [2.45, 2.75) is 19.4 Å². The zero-order valence-corrected chi connectivity index (χ0v) is 7.67. The van der Waals surface area contributed by atoms with Crippen LogP contribution in [0.15, 0.2) is 18.9 Å². The molecular weight excluding hydrogens is 166 g/mol. The molecule has 3 nitrogen and oxygen atoms in total. The molecule has 0 aromatic carbocycles. The van der Waals surface area contributed by atoms with Crippen LogP contribution in [0.25, 0.3) is 0 Å². The lowest BCUT2D eigenvalue weighted by Crippen LogP contribution is -2.25. The number of allylic oxidation sites excluding steroid dienone is 1. The van der Waals surface area contributed by atoms with Gasteiger partial charge >= 0.3 is 0 Å². The molecule has 0 aliphatic carbocycles. The van der Waals surface area contributed by atoms with Crippen LogP contribution in [-0.4, -0.2) is 17.7 Å². The molecule has 70 valence electrons. The number of nitrogens with one attached hydrogen (secondary N) is 1. The van der Waals surface area contributed by atoms with Crippen LogP contribution in [0.4, 0.5) is 0 Å². The van der Waals surface area contributed by atoms with E-state index in [2.05, 4.69) is 11.6 Å². The smallest absolute Gasteiger partial charge is 0.182 e. The lowest BCUT2D eigenvalue weighted by Gasteiger charge is -2.21. The molecule has 2 heterocycles. The number of hydrogen-bond acceptors (Lipinski definition) is 2. The quantitative estimate of drug-likeness (QED) is 0.703. The predicted octanol–water partition coefficient (Wildman–Crippen LogP) is 1.90. The molecule has 0 amide bonds. The molecule has 0 saturated carbocycles. The maximum atomic E-state index is 5.57. The molecular formula is C10H13NO2. The zero-order chi connectivity index (χ0) is 9.26. The first-order valence-corrected chi connectivity index (χ1v) is 4.42. The van der Waals surface area contributed by atoms with Gasteiger partial charge in [0.1, 0.15) is 12.7 Å². The molecule has 0 spiro atoms. The Morgan fingerprint density at radius 1 is 1.77 bits per heavy atom. The van der Waals surface area contributed by atoms with Crippen LogP contribution in [0, 0.1) is 0 Å². The molecule has 0 fully saturated rings. The second-order valence-electron chi connectivity index (χ2n) is 3.19. The number of rotatable bonds is 2. The maximum Gasteiger partial charge on any atom is 0.182 e. The van der Waals surface area contributed by atoms with E-state index in [0.29, 0.717) is 6.61 Å². The maximum absolute atomic E-state index is 5.57. The van der Waals surface area contributed by atoms with Crippen molar-refractivity contribution in [3.63, 3.8) is 0 Å². The van der Waals surface area contributed by atoms with Crippen molar-refractivity contribution >= 4 is 0 Å². The molecule has 2 rings (SSSR count). The lowest BCUT2D eigenvalue weighted by atomic mass is 10.2. The number of aromatic nitrogens is 1. The van der Waals surface area contributed by atoms with Crippen molar-refractivity contribution in [3.8, 4) is 11.5 Å². The molecule has 13 heavy (non-hydrogen) atoms. The van der Waals surface area contributed by atoms with Crippen LogP contribution in [0.2, 0.25) is 0 Å². The first kappa shape index (κ1) is 8.23. The number of ether oxygens (including phenoxy) is 2. The summed E-state index contributed by atoms with van der Waals surface area (Å²) in [6.45, 7) is 6.29. The fourth-order valence-corrected chi connectivity index (χ4v) is 1.43. The van der Waals surface area contributed by atoms with Crippen molar-refractivity contribution in [3.05, 3.63) is 24.5 Å². The standard InChI is InChI=1S/C10H13NO2/c1-3-4-8-10-9(5-11-8)13-7(2)6-12-10/h3,5,7,11H,1,4,6H2,2H3. The molecule has 1 atom stereocenters. The Bertz CT molecular complexity index is 317. The lowest BCUT2D eigenvalue weighted by molar-refractivity contribution is 0.105. The molecule has 0 radical (unpaired) electrons. The Morgan fingerprint density at radius 3 is 3.38 bits per heavy atom. The first-order chi connectivity index (χ1) is 6.31. The topological polar surface area (TPSA) is 34.2 Å². The first-order valence-electron chi connectivity index (χ1n) is 4.42. The SMILES string of the molecule is C=CCc1[nH]cc2c1OCC(C)O2. The van der Waals surface area contributed by atoms with Crippen molar-refractivity contribution in [1.29, 1.82) is 0 Å². The van der Waals surface area contributed by atoms with Gasteiger partial charge in [-0.3, -0.25) is 0 Å². The van der Waals surface area contributed by atoms with E-state index in [9.17, 15) is 0 Å². The van der Waals surface area contributed by atoms with Crippen LogP contribution < -0.4 is 9.47 Å². The second-order valence-corrected chi connectivity index (χ2v) is 3.19.